The number of hydrogen-bond acceptors (Lipinski definition) is 6. The molecule has 29 heavy (non-hydrogen) atoms. The van der Waals surface area contributed by atoms with E-state index in [1.165, 1.54) is 18.5 Å². The van der Waals surface area contributed by atoms with Gasteiger partial charge in [-0.15, -0.1) is 0 Å². The number of methoxy groups -OCH3 is 1. The van der Waals surface area contributed by atoms with Crippen LogP contribution in [0, 0.1) is 0 Å². The first-order chi connectivity index (χ1) is 14.2. The largest absolute Gasteiger partial charge is 0.497 e. The van der Waals surface area contributed by atoms with Crippen molar-refractivity contribution in [3.05, 3.63) is 72.0 Å². The maximum absolute atomic E-state index is 6.66. The van der Waals surface area contributed by atoms with E-state index in [0.717, 1.165) is 41.5 Å². The Morgan fingerprint density at radius 3 is 2.34 bits per heavy atom. The van der Waals surface area contributed by atoms with Crippen LogP contribution in [0.5, 0.6) is 5.75 Å². The zero-order valence-electron chi connectivity index (χ0n) is 16.4. The lowest BCUT2D eigenvalue weighted by atomic mass is 10.1. The minimum absolute atomic E-state index is 0.379. The third-order valence-corrected chi connectivity index (χ3v) is 5.65. The van der Waals surface area contributed by atoms with Crippen LogP contribution in [0.2, 0.25) is 0 Å². The number of fused-ring (bicyclic) bond motifs is 1. The van der Waals surface area contributed by atoms with Crippen molar-refractivity contribution < 1.29 is 9.15 Å². The highest BCUT2D eigenvalue weighted by Gasteiger charge is 2.31. The first-order valence-corrected chi connectivity index (χ1v) is 9.95. The predicted molar refractivity (Wildman–Crippen MR) is 115 cm³/mol. The average Bonchev–Trinajstić information content (AvgIpc) is 3.46. The molecule has 148 valence electrons. The van der Waals surface area contributed by atoms with Gasteiger partial charge in [0.05, 0.1) is 18.9 Å². The Hall–Kier alpha value is -3.25. The summed E-state index contributed by atoms with van der Waals surface area (Å²) in [7, 11) is 1.66. The van der Waals surface area contributed by atoms with Gasteiger partial charge < -0.3 is 24.7 Å². The van der Waals surface area contributed by atoms with Crippen LogP contribution < -0.4 is 20.3 Å². The molecule has 6 heteroatoms. The summed E-state index contributed by atoms with van der Waals surface area (Å²) < 4.78 is 10.9. The van der Waals surface area contributed by atoms with Gasteiger partial charge in [-0.2, -0.15) is 4.99 Å². The lowest BCUT2D eigenvalue weighted by Gasteiger charge is -2.34. The fraction of sp³-hybridized carbons (Fsp3) is 0.261. The summed E-state index contributed by atoms with van der Waals surface area (Å²) in [6, 6.07) is 18.3. The molecule has 1 aromatic heterocycles. The molecular weight excluding hydrogens is 364 g/mol. The minimum Gasteiger partial charge on any atom is -0.497 e. The molecule has 6 nitrogen and oxygen atoms in total. The van der Waals surface area contributed by atoms with Gasteiger partial charge in [0.2, 0.25) is 5.88 Å². The van der Waals surface area contributed by atoms with E-state index in [1.807, 2.05) is 30.3 Å². The normalized spacial score (nSPS) is 18.6. The summed E-state index contributed by atoms with van der Waals surface area (Å²) in [5.74, 6) is 2.12. The molecule has 3 aromatic rings. The summed E-state index contributed by atoms with van der Waals surface area (Å²) in [5.41, 5.74) is 10.7. The van der Waals surface area contributed by atoms with Crippen LogP contribution in [0.3, 0.4) is 0 Å². The number of anilines is 2. The highest BCUT2D eigenvalue weighted by Crippen LogP contribution is 2.38. The third kappa shape index (κ3) is 3.15. The van der Waals surface area contributed by atoms with Gasteiger partial charge in [-0.25, -0.2) is 0 Å². The molecule has 5 rings (SSSR count). The molecule has 3 heterocycles. The van der Waals surface area contributed by atoms with Crippen LogP contribution in [0.1, 0.15) is 30.1 Å². The number of hydrogen-bond donors (Lipinski definition) is 1. The highest BCUT2D eigenvalue weighted by molar-refractivity contribution is 6.12. The van der Waals surface area contributed by atoms with E-state index in [0.29, 0.717) is 5.88 Å². The zero-order chi connectivity index (χ0) is 19.8. The Morgan fingerprint density at radius 1 is 0.966 bits per heavy atom. The molecule has 1 atom stereocenters. The molecule has 0 spiro atoms. The molecule has 0 saturated carbocycles. The molecule has 2 aromatic carbocycles. The van der Waals surface area contributed by atoms with Crippen LogP contribution in [0.15, 0.2) is 70.3 Å². The van der Waals surface area contributed by atoms with Crippen molar-refractivity contribution in [2.24, 2.45) is 10.7 Å². The Kier molecular flexibility index (Phi) is 4.48. The first-order valence-electron chi connectivity index (χ1n) is 9.95. The second-order valence-corrected chi connectivity index (χ2v) is 7.37. The van der Waals surface area contributed by atoms with Crippen LogP contribution in [0.25, 0.3) is 0 Å². The predicted octanol–water partition coefficient (Wildman–Crippen LogP) is 4.44. The van der Waals surface area contributed by atoms with Crippen molar-refractivity contribution in [3.63, 3.8) is 0 Å². The van der Waals surface area contributed by atoms with Gasteiger partial charge in [0.15, 0.2) is 0 Å². The SMILES string of the molecule is COc1ccc(C2=Nc3occc3C(N)N2c2ccc(N3CCCC3)cc2)cc1. The number of nitrogens with zero attached hydrogens (tertiary/aromatic N) is 3. The number of ether oxygens (including phenoxy) is 1. The van der Waals surface area contributed by atoms with Crippen LogP contribution in [0.4, 0.5) is 17.3 Å². The Labute approximate surface area is 170 Å². The molecule has 0 aliphatic carbocycles. The second-order valence-electron chi connectivity index (χ2n) is 7.37. The molecule has 0 radical (unpaired) electrons. The maximum Gasteiger partial charge on any atom is 0.227 e. The fourth-order valence-corrected chi connectivity index (χ4v) is 4.07. The molecule has 0 bridgehead atoms. The van der Waals surface area contributed by atoms with E-state index in [9.17, 15) is 0 Å². The van der Waals surface area contributed by atoms with E-state index in [1.54, 1.807) is 13.4 Å². The van der Waals surface area contributed by atoms with E-state index >= 15 is 0 Å². The third-order valence-electron chi connectivity index (χ3n) is 5.65. The maximum atomic E-state index is 6.66. The standard InChI is InChI=1S/C23H24N4O2/c1-28-19-10-4-16(5-11-19)22-25-23-20(12-15-29-23)21(24)27(22)18-8-6-17(7-9-18)26-13-2-3-14-26/h4-12,15,21H,2-3,13-14,24H2,1H3. The van der Waals surface area contributed by atoms with Crippen molar-refractivity contribution in [2.45, 2.75) is 19.0 Å². The van der Waals surface area contributed by atoms with Gasteiger partial charge in [0.25, 0.3) is 0 Å². The van der Waals surface area contributed by atoms with Crippen LogP contribution in [-0.4, -0.2) is 26.0 Å². The summed E-state index contributed by atoms with van der Waals surface area (Å²) >= 11 is 0. The monoisotopic (exact) mass is 388 g/mol. The van der Waals surface area contributed by atoms with E-state index in [4.69, 9.17) is 19.9 Å². The fourth-order valence-electron chi connectivity index (χ4n) is 4.07. The van der Waals surface area contributed by atoms with Gasteiger partial charge in [0, 0.05) is 30.0 Å². The summed E-state index contributed by atoms with van der Waals surface area (Å²) in [6.07, 6.45) is 3.78. The van der Waals surface area contributed by atoms with Gasteiger partial charge in [-0.1, -0.05) is 0 Å². The molecule has 2 N–H and O–H groups in total. The summed E-state index contributed by atoms with van der Waals surface area (Å²) in [4.78, 5) is 9.27. The first kappa shape index (κ1) is 17.8. The van der Waals surface area contributed by atoms with Gasteiger partial charge >= 0.3 is 0 Å². The van der Waals surface area contributed by atoms with Crippen molar-refractivity contribution in [1.82, 2.24) is 0 Å². The summed E-state index contributed by atoms with van der Waals surface area (Å²) in [5, 5.41) is 0. The van der Waals surface area contributed by atoms with Crippen LogP contribution in [-0.2, 0) is 0 Å². The molecule has 1 fully saturated rings. The Morgan fingerprint density at radius 2 is 1.66 bits per heavy atom. The lowest BCUT2D eigenvalue weighted by Crippen LogP contribution is -2.42. The van der Waals surface area contributed by atoms with Crippen molar-refractivity contribution in [2.75, 3.05) is 30.0 Å². The van der Waals surface area contributed by atoms with Gasteiger partial charge in [-0.3, -0.25) is 0 Å². The lowest BCUT2D eigenvalue weighted by molar-refractivity contribution is 0.415. The number of benzene rings is 2. The smallest absolute Gasteiger partial charge is 0.227 e. The average molecular weight is 388 g/mol. The second kappa shape index (κ2) is 7.29. The molecule has 0 amide bonds. The van der Waals surface area contributed by atoms with Gasteiger partial charge in [0.1, 0.15) is 17.8 Å². The molecule has 2 aliphatic rings. The van der Waals surface area contributed by atoms with E-state index < -0.39 is 0 Å². The zero-order valence-corrected chi connectivity index (χ0v) is 16.4. The Bertz CT molecular complexity index is 1020. The molecular formula is C23H24N4O2. The number of amidine groups is 1. The number of rotatable bonds is 4. The van der Waals surface area contributed by atoms with Gasteiger partial charge in [-0.05, 0) is 67.4 Å². The number of aliphatic imine (C=N–C) groups is 1. The van der Waals surface area contributed by atoms with Crippen molar-refractivity contribution in [1.29, 1.82) is 0 Å². The molecule has 1 saturated heterocycles. The topological polar surface area (TPSA) is 67.2 Å². The van der Waals surface area contributed by atoms with Crippen molar-refractivity contribution in [3.8, 4) is 5.75 Å². The molecule has 2 aliphatic heterocycles. The Balaban J connectivity index is 1.55. The van der Waals surface area contributed by atoms with E-state index in [2.05, 4.69) is 34.1 Å². The minimum atomic E-state index is -0.379. The number of furan rings is 1. The number of nitrogens with two attached hydrogens (primary N) is 1. The van der Waals surface area contributed by atoms with Crippen molar-refractivity contribution >= 4 is 23.1 Å². The quantitative estimate of drug-likeness (QED) is 0.715. The molecule has 1 unspecified atom stereocenters. The van der Waals surface area contributed by atoms with E-state index in [-0.39, 0.29) is 6.17 Å². The summed E-state index contributed by atoms with van der Waals surface area (Å²) in [6.45, 7) is 2.25. The van der Waals surface area contributed by atoms with Crippen LogP contribution >= 0.6 is 0 Å². The highest BCUT2D eigenvalue weighted by atomic mass is 16.5.